The Morgan fingerprint density at radius 2 is 1.56 bits per heavy atom. The van der Waals surface area contributed by atoms with E-state index in [2.05, 4.69) is 24.5 Å². The molecular formula is C25H27N3O3S. The molecule has 0 saturated carbocycles. The summed E-state index contributed by atoms with van der Waals surface area (Å²) in [5.41, 5.74) is 3.69. The Hall–Kier alpha value is -3.45. The molecule has 3 aromatic rings. The highest BCUT2D eigenvalue weighted by Crippen LogP contribution is 2.20. The summed E-state index contributed by atoms with van der Waals surface area (Å²) in [7, 11) is -3.24. The molecule has 0 spiro atoms. The van der Waals surface area contributed by atoms with E-state index in [-0.39, 0.29) is 10.6 Å². The smallest absolute Gasteiger partial charge is 0.274 e. The van der Waals surface area contributed by atoms with Gasteiger partial charge in [0.25, 0.3) is 5.91 Å². The van der Waals surface area contributed by atoms with Crippen LogP contribution >= 0.6 is 0 Å². The minimum Gasteiger partial charge on any atom is -0.380 e. The second-order valence-electron chi connectivity index (χ2n) is 7.92. The first-order chi connectivity index (χ1) is 15.1. The number of carbonyl (C=O) groups excluding carboxylic acids is 1. The fourth-order valence-electron chi connectivity index (χ4n) is 3.17. The number of anilines is 2. The largest absolute Gasteiger partial charge is 0.380 e. The van der Waals surface area contributed by atoms with Crippen molar-refractivity contribution in [3.8, 4) is 0 Å². The third-order valence-electron chi connectivity index (χ3n) is 5.09. The highest BCUT2D eigenvalue weighted by atomic mass is 32.2. The van der Waals surface area contributed by atoms with Crippen molar-refractivity contribution >= 4 is 32.8 Å². The van der Waals surface area contributed by atoms with Crippen LogP contribution in [0.2, 0.25) is 0 Å². The monoisotopic (exact) mass is 449 g/mol. The van der Waals surface area contributed by atoms with Crippen LogP contribution in [-0.2, 0) is 21.2 Å². The van der Waals surface area contributed by atoms with E-state index in [1.54, 1.807) is 42.5 Å². The van der Waals surface area contributed by atoms with Gasteiger partial charge in [0.2, 0.25) is 0 Å². The van der Waals surface area contributed by atoms with E-state index < -0.39 is 15.7 Å². The quantitative estimate of drug-likeness (QED) is 0.429. The Labute approximate surface area is 189 Å². The Bertz CT molecular complexity index is 1220. The van der Waals surface area contributed by atoms with Crippen molar-refractivity contribution in [2.24, 2.45) is 0 Å². The fraction of sp³-hybridized carbons (Fsp3) is 0.200. The number of rotatable bonds is 8. The molecule has 0 aliphatic rings. The average Bonchev–Trinajstić information content (AvgIpc) is 2.77. The van der Waals surface area contributed by atoms with Crippen LogP contribution in [-0.4, -0.2) is 26.3 Å². The zero-order chi connectivity index (χ0) is 23.3. The van der Waals surface area contributed by atoms with E-state index in [0.29, 0.717) is 29.4 Å². The van der Waals surface area contributed by atoms with Crippen LogP contribution in [0, 0.1) is 5.41 Å². The summed E-state index contributed by atoms with van der Waals surface area (Å²) in [5.74, 6) is -0.0902. The van der Waals surface area contributed by atoms with Crippen LogP contribution < -0.4 is 10.6 Å². The van der Waals surface area contributed by atoms with Crippen LogP contribution in [0.3, 0.4) is 0 Å². The molecule has 0 bridgehead atoms. The Morgan fingerprint density at radius 1 is 0.938 bits per heavy atom. The molecule has 0 aliphatic carbocycles. The lowest BCUT2D eigenvalue weighted by Gasteiger charge is -2.14. The molecule has 6 nitrogen and oxygen atoms in total. The molecule has 0 radical (unpaired) electrons. The van der Waals surface area contributed by atoms with Crippen molar-refractivity contribution in [2.45, 2.75) is 31.2 Å². The summed E-state index contributed by atoms with van der Waals surface area (Å²) in [6, 6.07) is 21.4. The molecule has 0 saturated heterocycles. The van der Waals surface area contributed by atoms with Gasteiger partial charge in [0.1, 0.15) is 5.71 Å². The molecule has 7 heteroatoms. The van der Waals surface area contributed by atoms with Crippen LogP contribution in [0.15, 0.2) is 77.7 Å². The third kappa shape index (κ3) is 5.82. The first kappa shape index (κ1) is 23.2. The van der Waals surface area contributed by atoms with Gasteiger partial charge in [-0.25, -0.2) is 8.42 Å². The van der Waals surface area contributed by atoms with Gasteiger partial charge >= 0.3 is 0 Å². The Kier molecular flexibility index (Phi) is 7.10. The number of hydrogen-bond donors (Lipinski definition) is 3. The molecule has 0 atom stereocenters. The molecule has 1 amide bonds. The first-order valence-corrected chi connectivity index (χ1v) is 12.2. The molecule has 0 unspecified atom stereocenters. The Morgan fingerprint density at radius 3 is 2.16 bits per heavy atom. The van der Waals surface area contributed by atoms with Gasteiger partial charge in [-0.3, -0.25) is 10.2 Å². The molecule has 166 valence electrons. The highest BCUT2D eigenvalue weighted by molar-refractivity contribution is 7.90. The number of nitrogens with one attached hydrogen (secondary N) is 3. The lowest BCUT2D eigenvalue weighted by atomic mass is 10.0. The summed E-state index contributed by atoms with van der Waals surface area (Å²) < 4.78 is 23.2. The van der Waals surface area contributed by atoms with Crippen LogP contribution in [0.1, 0.15) is 36.5 Å². The summed E-state index contributed by atoms with van der Waals surface area (Å²) in [4.78, 5) is 12.9. The predicted molar refractivity (Wildman–Crippen MR) is 129 cm³/mol. The lowest BCUT2D eigenvalue weighted by Crippen LogP contribution is -2.24. The maximum Gasteiger partial charge on any atom is 0.274 e. The molecule has 32 heavy (non-hydrogen) atoms. The van der Waals surface area contributed by atoms with Crippen molar-refractivity contribution in [1.29, 1.82) is 5.41 Å². The number of hydrogen-bond acceptors (Lipinski definition) is 5. The maximum atomic E-state index is 12.7. The van der Waals surface area contributed by atoms with E-state index in [1.165, 1.54) is 11.8 Å². The molecule has 3 aromatic carbocycles. The molecule has 3 rings (SSSR count). The third-order valence-corrected chi connectivity index (χ3v) is 6.22. The summed E-state index contributed by atoms with van der Waals surface area (Å²) in [6.45, 7) is 4.63. The van der Waals surface area contributed by atoms with E-state index in [0.717, 1.165) is 5.56 Å². The summed E-state index contributed by atoms with van der Waals surface area (Å²) in [5, 5.41) is 14.4. The van der Waals surface area contributed by atoms with Crippen molar-refractivity contribution in [1.82, 2.24) is 0 Å². The SMILES string of the molecule is CC(C)c1ccc(NC(=O)C(=N)c2ccccc2NCc2ccc(S(C)(=O)=O)cc2)cc1. The van der Waals surface area contributed by atoms with E-state index in [4.69, 9.17) is 5.41 Å². The fourth-order valence-corrected chi connectivity index (χ4v) is 3.80. The minimum atomic E-state index is -3.24. The Balaban J connectivity index is 1.69. The van der Waals surface area contributed by atoms with Crippen LogP contribution in [0.4, 0.5) is 11.4 Å². The lowest BCUT2D eigenvalue weighted by molar-refractivity contribution is -0.110. The van der Waals surface area contributed by atoms with Crippen molar-refractivity contribution < 1.29 is 13.2 Å². The van der Waals surface area contributed by atoms with E-state index in [1.807, 2.05) is 30.3 Å². The molecule has 3 N–H and O–H groups in total. The minimum absolute atomic E-state index is 0.145. The maximum absolute atomic E-state index is 12.7. The number of sulfone groups is 1. The second kappa shape index (κ2) is 9.78. The molecule has 0 fully saturated rings. The average molecular weight is 450 g/mol. The zero-order valence-electron chi connectivity index (χ0n) is 18.3. The number of amides is 1. The predicted octanol–water partition coefficient (Wildman–Crippen LogP) is 4.83. The van der Waals surface area contributed by atoms with Gasteiger partial charge in [-0.05, 0) is 47.4 Å². The highest BCUT2D eigenvalue weighted by Gasteiger charge is 2.16. The zero-order valence-corrected chi connectivity index (χ0v) is 19.2. The van der Waals surface area contributed by atoms with Gasteiger partial charge in [0.05, 0.1) is 4.90 Å². The summed E-state index contributed by atoms with van der Waals surface area (Å²) >= 11 is 0. The number of benzene rings is 3. The number of para-hydroxylation sites is 1. The normalized spacial score (nSPS) is 11.2. The van der Waals surface area contributed by atoms with E-state index in [9.17, 15) is 13.2 Å². The van der Waals surface area contributed by atoms with Crippen molar-refractivity contribution in [3.63, 3.8) is 0 Å². The topological polar surface area (TPSA) is 99.1 Å². The van der Waals surface area contributed by atoms with Gasteiger partial charge < -0.3 is 10.6 Å². The van der Waals surface area contributed by atoms with Crippen molar-refractivity contribution in [3.05, 3.63) is 89.5 Å². The second-order valence-corrected chi connectivity index (χ2v) is 9.94. The molecular weight excluding hydrogens is 422 g/mol. The standard InChI is InChI=1S/C25H27N3O3S/c1-17(2)19-10-12-20(13-11-19)28-25(29)24(26)22-6-4-5-7-23(22)27-16-18-8-14-21(15-9-18)32(3,30)31/h4-15,17,26-27H,16H2,1-3H3,(H,28,29). The van der Waals surface area contributed by atoms with Gasteiger partial charge in [0.15, 0.2) is 9.84 Å². The van der Waals surface area contributed by atoms with Gasteiger partial charge in [-0.1, -0.05) is 56.3 Å². The van der Waals surface area contributed by atoms with Crippen molar-refractivity contribution in [2.75, 3.05) is 16.9 Å². The molecule has 0 aromatic heterocycles. The molecule has 0 heterocycles. The number of carbonyl (C=O) groups is 1. The van der Waals surface area contributed by atoms with Crippen LogP contribution in [0.5, 0.6) is 0 Å². The van der Waals surface area contributed by atoms with E-state index >= 15 is 0 Å². The van der Waals surface area contributed by atoms with Gasteiger partial charge in [0, 0.05) is 29.7 Å². The molecule has 0 aliphatic heterocycles. The van der Waals surface area contributed by atoms with Crippen LogP contribution in [0.25, 0.3) is 0 Å². The summed E-state index contributed by atoms with van der Waals surface area (Å²) in [6.07, 6.45) is 1.17. The van der Waals surface area contributed by atoms with Gasteiger partial charge in [-0.2, -0.15) is 0 Å². The first-order valence-electron chi connectivity index (χ1n) is 10.3. The van der Waals surface area contributed by atoms with Gasteiger partial charge in [-0.15, -0.1) is 0 Å².